The van der Waals surface area contributed by atoms with Crippen LogP contribution in [-0.4, -0.2) is 26.2 Å². The minimum absolute atomic E-state index is 0.130. The topological polar surface area (TPSA) is 56.8 Å². The second-order valence-electron chi connectivity index (χ2n) is 6.66. The lowest BCUT2D eigenvalue weighted by atomic mass is 10.1. The molecule has 0 bridgehead atoms. The summed E-state index contributed by atoms with van der Waals surface area (Å²) in [5.74, 6) is 2.61. The van der Waals surface area contributed by atoms with Gasteiger partial charge in [-0.1, -0.05) is 19.9 Å². The summed E-state index contributed by atoms with van der Waals surface area (Å²) in [5.41, 5.74) is 1.54. The second-order valence-corrected chi connectivity index (χ2v) is 6.66. The van der Waals surface area contributed by atoms with E-state index in [0.717, 1.165) is 23.5 Å². The molecule has 146 valence electrons. The first-order valence-corrected chi connectivity index (χ1v) is 9.34. The van der Waals surface area contributed by atoms with Gasteiger partial charge in [-0.05, 0) is 61.2 Å². The number of methoxy groups -OCH3 is 1. The van der Waals surface area contributed by atoms with E-state index in [1.165, 1.54) is 0 Å². The smallest absolute Gasteiger partial charge is 0.251 e. The molecular formula is C22H29NO4. The number of carbonyl (C=O) groups is 1. The molecule has 0 fully saturated rings. The molecule has 5 heteroatoms. The van der Waals surface area contributed by atoms with Crippen LogP contribution in [0.1, 0.15) is 43.1 Å². The third-order valence-corrected chi connectivity index (χ3v) is 4.06. The standard InChI is InChI=1S/C22H29NO4/c1-5-26-19-9-7-18(8-10-19)22(24)23-15-17-6-11-20(21(14-17)25-4)27-13-12-16(2)3/h6-11,14,16H,5,12-13,15H2,1-4H3,(H,23,24). The highest BCUT2D eigenvalue weighted by molar-refractivity contribution is 5.94. The maximum absolute atomic E-state index is 12.3. The molecular weight excluding hydrogens is 342 g/mol. The Kier molecular flexibility index (Phi) is 7.99. The molecule has 0 radical (unpaired) electrons. The van der Waals surface area contributed by atoms with Crippen molar-refractivity contribution in [3.8, 4) is 17.2 Å². The van der Waals surface area contributed by atoms with Crippen molar-refractivity contribution in [2.75, 3.05) is 20.3 Å². The van der Waals surface area contributed by atoms with Crippen molar-refractivity contribution in [2.45, 2.75) is 33.7 Å². The van der Waals surface area contributed by atoms with E-state index in [2.05, 4.69) is 19.2 Å². The molecule has 0 unspecified atom stereocenters. The van der Waals surface area contributed by atoms with Gasteiger partial charge < -0.3 is 19.5 Å². The zero-order valence-corrected chi connectivity index (χ0v) is 16.6. The number of ether oxygens (including phenoxy) is 3. The van der Waals surface area contributed by atoms with E-state index in [1.807, 2.05) is 25.1 Å². The van der Waals surface area contributed by atoms with E-state index >= 15 is 0 Å². The Morgan fingerprint density at radius 1 is 1.04 bits per heavy atom. The van der Waals surface area contributed by atoms with Crippen molar-refractivity contribution in [2.24, 2.45) is 5.92 Å². The van der Waals surface area contributed by atoms with Crippen molar-refractivity contribution in [3.63, 3.8) is 0 Å². The number of benzene rings is 2. The summed E-state index contributed by atoms with van der Waals surface area (Å²) in [6.07, 6.45) is 0.989. The van der Waals surface area contributed by atoms with Crippen LogP contribution in [0, 0.1) is 5.92 Å². The Hall–Kier alpha value is -2.69. The molecule has 0 saturated heterocycles. The molecule has 0 aliphatic carbocycles. The van der Waals surface area contributed by atoms with Gasteiger partial charge in [-0.15, -0.1) is 0 Å². The van der Waals surface area contributed by atoms with Gasteiger partial charge in [-0.2, -0.15) is 0 Å². The maximum atomic E-state index is 12.3. The van der Waals surface area contributed by atoms with Crippen LogP contribution in [0.3, 0.4) is 0 Å². The fourth-order valence-corrected chi connectivity index (χ4v) is 2.50. The molecule has 2 aromatic carbocycles. The Bertz CT molecular complexity index is 726. The van der Waals surface area contributed by atoms with E-state index in [0.29, 0.717) is 37.0 Å². The highest BCUT2D eigenvalue weighted by Gasteiger charge is 2.09. The predicted octanol–water partition coefficient (Wildman–Crippen LogP) is 4.45. The van der Waals surface area contributed by atoms with E-state index in [9.17, 15) is 4.79 Å². The minimum atomic E-state index is -0.130. The van der Waals surface area contributed by atoms with Crippen molar-refractivity contribution in [3.05, 3.63) is 53.6 Å². The average Bonchev–Trinajstić information content (AvgIpc) is 2.67. The summed E-state index contributed by atoms with van der Waals surface area (Å²) in [7, 11) is 1.62. The Labute approximate surface area is 161 Å². The zero-order chi connectivity index (χ0) is 19.6. The fraction of sp³-hybridized carbons (Fsp3) is 0.409. The van der Waals surface area contributed by atoms with Gasteiger partial charge in [0, 0.05) is 12.1 Å². The lowest BCUT2D eigenvalue weighted by Gasteiger charge is -2.13. The lowest BCUT2D eigenvalue weighted by Crippen LogP contribution is -2.22. The molecule has 0 heterocycles. The normalized spacial score (nSPS) is 10.6. The summed E-state index contributed by atoms with van der Waals surface area (Å²) < 4.78 is 16.6. The molecule has 1 N–H and O–H groups in total. The first-order valence-electron chi connectivity index (χ1n) is 9.34. The largest absolute Gasteiger partial charge is 0.494 e. The minimum Gasteiger partial charge on any atom is -0.494 e. The van der Waals surface area contributed by atoms with Crippen LogP contribution in [0.2, 0.25) is 0 Å². The van der Waals surface area contributed by atoms with Crippen molar-refractivity contribution < 1.29 is 19.0 Å². The summed E-state index contributed by atoms with van der Waals surface area (Å²) in [6, 6.07) is 12.8. The van der Waals surface area contributed by atoms with Crippen molar-refractivity contribution in [1.82, 2.24) is 5.32 Å². The van der Waals surface area contributed by atoms with Crippen LogP contribution >= 0.6 is 0 Å². The van der Waals surface area contributed by atoms with Crippen molar-refractivity contribution in [1.29, 1.82) is 0 Å². The number of carbonyl (C=O) groups excluding carboxylic acids is 1. The second kappa shape index (κ2) is 10.5. The number of amides is 1. The van der Waals surface area contributed by atoms with Gasteiger partial charge in [-0.25, -0.2) is 0 Å². The number of nitrogens with one attached hydrogen (secondary N) is 1. The molecule has 0 spiro atoms. The maximum Gasteiger partial charge on any atom is 0.251 e. The van der Waals surface area contributed by atoms with E-state index in [1.54, 1.807) is 31.4 Å². The monoisotopic (exact) mass is 371 g/mol. The highest BCUT2D eigenvalue weighted by atomic mass is 16.5. The van der Waals surface area contributed by atoms with Gasteiger partial charge in [0.15, 0.2) is 11.5 Å². The fourth-order valence-electron chi connectivity index (χ4n) is 2.50. The quantitative estimate of drug-likeness (QED) is 0.670. The third kappa shape index (κ3) is 6.51. The Balaban J connectivity index is 1.93. The van der Waals surface area contributed by atoms with Gasteiger partial charge in [0.05, 0.1) is 20.3 Å². The van der Waals surface area contributed by atoms with Gasteiger partial charge in [0.25, 0.3) is 5.91 Å². The number of hydrogen-bond acceptors (Lipinski definition) is 4. The molecule has 2 aromatic rings. The Morgan fingerprint density at radius 3 is 2.41 bits per heavy atom. The summed E-state index contributed by atoms with van der Waals surface area (Å²) >= 11 is 0. The van der Waals surface area contributed by atoms with Crippen LogP contribution in [0.5, 0.6) is 17.2 Å². The average molecular weight is 371 g/mol. The molecule has 27 heavy (non-hydrogen) atoms. The van der Waals surface area contributed by atoms with E-state index in [-0.39, 0.29) is 5.91 Å². The third-order valence-electron chi connectivity index (χ3n) is 4.06. The molecule has 1 amide bonds. The summed E-state index contributed by atoms with van der Waals surface area (Å²) in [4.78, 5) is 12.3. The number of hydrogen-bond donors (Lipinski definition) is 1. The van der Waals surface area contributed by atoms with Crippen molar-refractivity contribution >= 4 is 5.91 Å². The molecule has 2 rings (SSSR count). The zero-order valence-electron chi connectivity index (χ0n) is 16.6. The molecule has 0 aliphatic heterocycles. The van der Waals surface area contributed by atoms with Crippen LogP contribution in [0.4, 0.5) is 0 Å². The van der Waals surface area contributed by atoms with Crippen LogP contribution in [0.15, 0.2) is 42.5 Å². The molecule has 0 atom stereocenters. The van der Waals surface area contributed by atoms with Gasteiger partial charge in [0.2, 0.25) is 0 Å². The number of rotatable bonds is 10. The first kappa shape index (κ1) is 20.6. The van der Waals surface area contributed by atoms with E-state index < -0.39 is 0 Å². The molecule has 0 saturated carbocycles. The predicted molar refractivity (Wildman–Crippen MR) is 107 cm³/mol. The molecule has 5 nitrogen and oxygen atoms in total. The lowest BCUT2D eigenvalue weighted by molar-refractivity contribution is 0.0951. The van der Waals surface area contributed by atoms with Gasteiger partial charge in [-0.3, -0.25) is 4.79 Å². The highest BCUT2D eigenvalue weighted by Crippen LogP contribution is 2.28. The SMILES string of the molecule is CCOc1ccc(C(=O)NCc2ccc(OCCC(C)C)c(OC)c2)cc1. The van der Waals surface area contributed by atoms with Gasteiger partial charge >= 0.3 is 0 Å². The Morgan fingerprint density at radius 2 is 1.78 bits per heavy atom. The van der Waals surface area contributed by atoms with Crippen LogP contribution in [-0.2, 0) is 6.54 Å². The van der Waals surface area contributed by atoms with Gasteiger partial charge in [0.1, 0.15) is 5.75 Å². The first-order chi connectivity index (χ1) is 13.0. The molecule has 0 aromatic heterocycles. The van der Waals surface area contributed by atoms with Crippen LogP contribution in [0.25, 0.3) is 0 Å². The molecule has 0 aliphatic rings. The van der Waals surface area contributed by atoms with E-state index in [4.69, 9.17) is 14.2 Å². The summed E-state index contributed by atoms with van der Waals surface area (Å²) in [6.45, 7) is 7.92. The van der Waals surface area contributed by atoms with Crippen LogP contribution < -0.4 is 19.5 Å². The summed E-state index contributed by atoms with van der Waals surface area (Å²) in [5, 5.41) is 2.92.